The Balaban J connectivity index is 1.08. The Hall–Kier alpha value is -5.38. The maximum atomic E-state index is 14.7. The number of ether oxygens (including phenoxy) is 4. The molecule has 0 bridgehead atoms. The van der Waals surface area contributed by atoms with E-state index in [2.05, 4.69) is 27.6 Å². The summed E-state index contributed by atoms with van der Waals surface area (Å²) in [5, 5.41) is 24.3. The molecule has 4 N–H and O–H groups in total. The number of nitrogens with zero attached hydrogens (tertiary/aromatic N) is 4. The van der Waals surface area contributed by atoms with Crippen molar-refractivity contribution >= 4 is 40.6 Å². The number of amides is 3. The van der Waals surface area contributed by atoms with Gasteiger partial charge in [0.05, 0.1) is 18.7 Å². The Morgan fingerprint density at radius 3 is 2.44 bits per heavy atom. The summed E-state index contributed by atoms with van der Waals surface area (Å²) in [7, 11) is 1.60. The van der Waals surface area contributed by atoms with E-state index in [0.29, 0.717) is 58.1 Å². The van der Waals surface area contributed by atoms with E-state index in [-0.39, 0.29) is 31.5 Å². The second-order valence-corrected chi connectivity index (χ2v) is 18.5. The van der Waals surface area contributed by atoms with Crippen molar-refractivity contribution in [3.8, 4) is 17.3 Å². The first-order valence-corrected chi connectivity index (χ1v) is 20.5. The monoisotopic (exact) mass is 813 g/mol. The first-order chi connectivity index (χ1) is 28.0. The van der Waals surface area contributed by atoms with E-state index >= 15 is 0 Å². The minimum absolute atomic E-state index is 0.0273. The van der Waals surface area contributed by atoms with Crippen molar-refractivity contribution in [2.75, 3.05) is 32.2 Å². The van der Waals surface area contributed by atoms with Gasteiger partial charge in [-0.1, -0.05) is 26.8 Å². The van der Waals surface area contributed by atoms with Gasteiger partial charge in [0, 0.05) is 55.3 Å². The number of carboxylic acids is 1. The SMILES string of the molecule is C=C[C@@H]1C[C@]1(NC(=O)[C@@H]1C[C@@H](Oc2cc(-n3ccc(NC(C)C)n3)nc3cc(OCCOC)ccc23)CN1C(=O)[C@@H](NC(=O)OC1CC23CC2(C1)C3)C(C)(C)C)C(=O)O. The van der Waals surface area contributed by atoms with Crippen molar-refractivity contribution in [1.82, 2.24) is 30.3 Å². The van der Waals surface area contributed by atoms with Gasteiger partial charge in [0.1, 0.15) is 53.8 Å². The van der Waals surface area contributed by atoms with Gasteiger partial charge in [-0.25, -0.2) is 19.3 Å². The number of nitrogens with one attached hydrogen (secondary N) is 3. The molecule has 4 saturated carbocycles. The lowest BCUT2D eigenvalue weighted by atomic mass is 9.85. The van der Waals surface area contributed by atoms with Crippen LogP contribution in [0.2, 0.25) is 0 Å². The molecule has 0 spiro atoms. The van der Waals surface area contributed by atoms with E-state index in [4.69, 9.17) is 23.9 Å². The molecule has 3 amide bonds. The molecule has 1 aliphatic heterocycles. The largest absolute Gasteiger partial charge is 0.491 e. The lowest BCUT2D eigenvalue weighted by molar-refractivity contribution is -0.146. The molecule has 1 aromatic carbocycles. The highest BCUT2D eigenvalue weighted by atomic mass is 16.6. The molecule has 5 aliphatic rings. The van der Waals surface area contributed by atoms with Crippen molar-refractivity contribution in [1.29, 1.82) is 0 Å². The summed E-state index contributed by atoms with van der Waals surface area (Å²) in [5.41, 5.74) is -1.04. The van der Waals surface area contributed by atoms with Crippen LogP contribution in [0.25, 0.3) is 16.7 Å². The number of hydrogen-bond acceptors (Lipinski definition) is 11. The number of alkyl carbamates (subject to hydrolysis) is 1. The minimum Gasteiger partial charge on any atom is -0.491 e. The van der Waals surface area contributed by atoms with Crippen LogP contribution in [0.1, 0.15) is 73.1 Å². The van der Waals surface area contributed by atoms with Crippen LogP contribution in [0.5, 0.6) is 11.5 Å². The number of aromatic nitrogens is 3. The minimum atomic E-state index is -1.52. The maximum Gasteiger partial charge on any atom is 0.408 e. The van der Waals surface area contributed by atoms with Crippen LogP contribution >= 0.6 is 0 Å². The van der Waals surface area contributed by atoms with Gasteiger partial charge in [0.25, 0.3) is 0 Å². The number of carbonyl (C=O) groups excluding carboxylic acids is 3. The number of carboxylic acid groups (broad SMARTS) is 1. The van der Waals surface area contributed by atoms with E-state index in [0.717, 1.165) is 12.8 Å². The topological polar surface area (TPSA) is 195 Å². The third-order valence-corrected chi connectivity index (χ3v) is 12.8. The average molecular weight is 814 g/mol. The molecule has 316 valence electrons. The fourth-order valence-corrected chi connectivity index (χ4v) is 9.43. The summed E-state index contributed by atoms with van der Waals surface area (Å²) < 4.78 is 25.3. The highest BCUT2D eigenvalue weighted by molar-refractivity contribution is 5.96. The summed E-state index contributed by atoms with van der Waals surface area (Å²) in [4.78, 5) is 61.1. The Bertz CT molecular complexity index is 2160. The van der Waals surface area contributed by atoms with Gasteiger partial charge in [-0.3, -0.25) is 9.59 Å². The van der Waals surface area contributed by atoms with E-state index in [9.17, 15) is 24.3 Å². The normalized spacial score (nSPS) is 29.2. The molecule has 5 fully saturated rings. The van der Waals surface area contributed by atoms with Gasteiger partial charge in [0.15, 0.2) is 5.82 Å². The van der Waals surface area contributed by atoms with Crippen molar-refractivity contribution in [3.05, 3.63) is 49.2 Å². The number of rotatable bonds is 16. The van der Waals surface area contributed by atoms with Crippen molar-refractivity contribution in [3.63, 3.8) is 0 Å². The molecule has 1 saturated heterocycles. The first-order valence-electron chi connectivity index (χ1n) is 20.5. The third kappa shape index (κ3) is 7.67. The number of carbonyl (C=O) groups is 4. The lowest BCUT2D eigenvalue weighted by Crippen LogP contribution is -2.59. The molecule has 3 heterocycles. The third-order valence-electron chi connectivity index (χ3n) is 12.8. The number of likely N-dealkylation sites (tertiary alicyclic amines) is 1. The predicted molar refractivity (Wildman–Crippen MR) is 216 cm³/mol. The quantitative estimate of drug-likeness (QED) is 0.114. The van der Waals surface area contributed by atoms with E-state index in [1.165, 1.54) is 23.8 Å². The summed E-state index contributed by atoms with van der Waals surface area (Å²) in [5.74, 6) is -0.651. The van der Waals surface area contributed by atoms with Gasteiger partial charge in [0.2, 0.25) is 11.8 Å². The molecule has 5 atom stereocenters. The van der Waals surface area contributed by atoms with Crippen molar-refractivity contribution in [2.45, 2.75) is 109 Å². The fourth-order valence-electron chi connectivity index (χ4n) is 9.43. The van der Waals surface area contributed by atoms with E-state index in [1.807, 2.05) is 46.8 Å². The van der Waals surface area contributed by atoms with Crippen LogP contribution < -0.4 is 25.4 Å². The molecule has 4 aliphatic carbocycles. The van der Waals surface area contributed by atoms with Gasteiger partial charge >= 0.3 is 12.1 Å². The lowest BCUT2D eigenvalue weighted by Gasteiger charge is -2.35. The Morgan fingerprint density at radius 1 is 1.05 bits per heavy atom. The second kappa shape index (κ2) is 14.7. The maximum absolute atomic E-state index is 14.7. The molecule has 16 nitrogen and oxygen atoms in total. The summed E-state index contributed by atoms with van der Waals surface area (Å²) in [6, 6.07) is 7.00. The molecule has 8 rings (SSSR count). The van der Waals surface area contributed by atoms with Crippen LogP contribution in [0.4, 0.5) is 10.6 Å². The van der Waals surface area contributed by atoms with Crippen molar-refractivity contribution in [2.24, 2.45) is 22.2 Å². The first kappa shape index (κ1) is 40.4. The smallest absolute Gasteiger partial charge is 0.408 e. The Kier molecular flexibility index (Phi) is 10.1. The molecule has 0 radical (unpaired) electrons. The number of methoxy groups -OCH3 is 1. The van der Waals surface area contributed by atoms with Crippen LogP contribution in [0.15, 0.2) is 49.2 Å². The number of pyridine rings is 1. The molecule has 2 aromatic heterocycles. The Morgan fingerprint density at radius 2 is 1.80 bits per heavy atom. The van der Waals surface area contributed by atoms with Crippen LogP contribution in [-0.2, 0) is 23.9 Å². The number of hydrogen-bond donors (Lipinski definition) is 4. The number of anilines is 1. The highest BCUT2D eigenvalue weighted by Gasteiger charge is 2.86. The summed E-state index contributed by atoms with van der Waals surface area (Å²) >= 11 is 0. The molecule has 3 aromatic rings. The molecule has 59 heavy (non-hydrogen) atoms. The molecular formula is C43H55N7O9. The van der Waals surface area contributed by atoms with Gasteiger partial charge in [-0.2, -0.15) is 0 Å². The Labute approximate surface area is 343 Å². The molecule has 16 heteroatoms. The zero-order valence-corrected chi connectivity index (χ0v) is 34.6. The van der Waals surface area contributed by atoms with Gasteiger partial charge < -0.3 is 44.9 Å². The number of fused-ring (bicyclic) bond motifs is 1. The zero-order valence-electron chi connectivity index (χ0n) is 34.6. The standard InChI is InChI=1S/C43H55N7O9/c1-8-25-18-43(25,38(53)54)47-36(51)31-16-27(21-49(31)37(52)35(40(4,5)6)46-39(55)59-28-19-41-22-42(41,20-28)23-41)58-32-17-34(50-12-11-33(48-50)44-24(2)3)45-30-15-26(9-10-29(30)32)57-14-13-56-7/h8-12,15,17,24-25,27-28,31,35H,1,13-14,16,18-23H2,2-7H3,(H,44,48)(H,46,55)(H,47,51)(H,53,54)/t25-,27-,28?,31+,35-,41?,42?,43-/m1/s1. The van der Waals surface area contributed by atoms with E-state index in [1.54, 1.807) is 36.2 Å². The van der Waals surface area contributed by atoms with Crippen LogP contribution in [0, 0.1) is 22.2 Å². The van der Waals surface area contributed by atoms with Gasteiger partial charge in [-0.05, 0) is 74.3 Å². The summed E-state index contributed by atoms with van der Waals surface area (Å²) in [6.07, 6.45) is 6.07. The van der Waals surface area contributed by atoms with E-state index < -0.39 is 58.9 Å². The molecule has 0 unspecified atom stereocenters. The average Bonchev–Trinajstić information content (AvgIpc) is 3.95. The zero-order chi connectivity index (χ0) is 42.1. The summed E-state index contributed by atoms with van der Waals surface area (Å²) in [6.45, 7) is 14.0. The number of benzene rings is 1. The second-order valence-electron chi connectivity index (χ2n) is 18.5. The molecular weight excluding hydrogens is 759 g/mol. The highest BCUT2D eigenvalue weighted by Crippen LogP contribution is 2.93. The van der Waals surface area contributed by atoms with Crippen molar-refractivity contribution < 1.29 is 43.2 Å². The van der Waals surface area contributed by atoms with Crippen LogP contribution in [-0.4, -0.2) is 111 Å². The number of aliphatic carboxylic acids is 1. The fraction of sp³-hybridized carbons (Fsp3) is 0.581. The predicted octanol–water partition coefficient (Wildman–Crippen LogP) is 4.84. The van der Waals surface area contributed by atoms with Crippen LogP contribution in [0.3, 0.4) is 0 Å². The van der Waals surface area contributed by atoms with Gasteiger partial charge in [-0.15, -0.1) is 11.7 Å².